The SMILES string of the molecule is C#CC[C@H](O)[C@H](O)[C@H](CC1CCCCC1)NC(=O)[C@H](CC1CC1)NC(=O)[C@@H](CSC(C)(C)C)Cc1cccc(Cl)c1. The van der Waals surface area contributed by atoms with Gasteiger partial charge in [-0.05, 0) is 48.8 Å². The van der Waals surface area contributed by atoms with E-state index in [1.54, 1.807) is 11.8 Å². The largest absolute Gasteiger partial charge is 0.389 e. The Balaban J connectivity index is 1.75. The van der Waals surface area contributed by atoms with Gasteiger partial charge < -0.3 is 20.8 Å². The van der Waals surface area contributed by atoms with Gasteiger partial charge in [0.15, 0.2) is 0 Å². The van der Waals surface area contributed by atoms with E-state index in [9.17, 15) is 19.8 Å². The summed E-state index contributed by atoms with van der Waals surface area (Å²) in [5.41, 5.74) is 0.980. The first-order valence-corrected chi connectivity index (χ1v) is 16.6. The Morgan fingerprint density at radius 3 is 2.34 bits per heavy atom. The van der Waals surface area contributed by atoms with Crippen LogP contribution in [-0.4, -0.2) is 56.8 Å². The Hall–Kier alpha value is -1.72. The van der Waals surface area contributed by atoms with Crippen LogP contribution in [0.5, 0.6) is 0 Å². The molecule has 0 spiro atoms. The molecule has 4 N–H and O–H groups in total. The number of amides is 2. The highest BCUT2D eigenvalue weighted by atomic mass is 35.5. The summed E-state index contributed by atoms with van der Waals surface area (Å²) in [5, 5.41) is 28.3. The third-order valence-corrected chi connectivity index (χ3v) is 9.80. The van der Waals surface area contributed by atoms with E-state index < -0.39 is 24.3 Å². The minimum absolute atomic E-state index is 0.0110. The molecule has 6 nitrogen and oxygen atoms in total. The van der Waals surface area contributed by atoms with Crippen molar-refractivity contribution in [2.24, 2.45) is 17.8 Å². The van der Waals surface area contributed by atoms with Crippen LogP contribution in [-0.2, 0) is 16.0 Å². The predicted octanol–water partition coefficient (Wildman–Crippen LogP) is 5.52. The van der Waals surface area contributed by atoms with Gasteiger partial charge in [-0.15, -0.1) is 12.3 Å². The zero-order valence-corrected chi connectivity index (χ0v) is 26.5. The van der Waals surface area contributed by atoms with Crippen molar-refractivity contribution < 1.29 is 19.8 Å². The van der Waals surface area contributed by atoms with Crippen LogP contribution in [0, 0.1) is 30.1 Å². The number of halogens is 1. The molecule has 0 bridgehead atoms. The summed E-state index contributed by atoms with van der Waals surface area (Å²) in [7, 11) is 0. The van der Waals surface area contributed by atoms with E-state index >= 15 is 0 Å². The molecule has 2 saturated carbocycles. The Bertz CT molecular complexity index is 1030. The molecule has 0 unspecified atom stereocenters. The maximum absolute atomic E-state index is 13.7. The highest BCUT2D eigenvalue weighted by Crippen LogP contribution is 2.34. The van der Waals surface area contributed by atoms with Gasteiger partial charge >= 0.3 is 0 Å². The van der Waals surface area contributed by atoms with E-state index in [-0.39, 0.29) is 28.9 Å². The fraction of sp³-hybridized carbons (Fsp3) is 0.697. The second-order valence-electron chi connectivity index (χ2n) is 13.0. The number of carbonyl (C=O) groups excluding carboxylic acids is 2. The van der Waals surface area contributed by atoms with Crippen molar-refractivity contribution in [3.63, 3.8) is 0 Å². The molecule has 2 aliphatic carbocycles. The quantitative estimate of drug-likeness (QED) is 0.198. The van der Waals surface area contributed by atoms with E-state index in [2.05, 4.69) is 37.3 Å². The maximum Gasteiger partial charge on any atom is 0.242 e. The number of carbonyl (C=O) groups is 2. The summed E-state index contributed by atoms with van der Waals surface area (Å²) < 4.78 is -0.0145. The standard InChI is InChI=1S/C33H49ClN2O4S/c1-5-10-29(37)30(38)27(19-22-11-7-6-8-12-22)35-32(40)28(20-23-15-16-23)36-31(39)25(21-41-33(2,3)4)17-24-13-9-14-26(34)18-24/h1,9,13-14,18,22-23,25,27-30,37-38H,6-8,10-12,15-17,19-21H2,2-4H3,(H,35,40)(H,36,39)/t25-,27+,28+,29+,30-/m1/s1. The second-order valence-corrected chi connectivity index (χ2v) is 15.3. The highest BCUT2D eigenvalue weighted by molar-refractivity contribution is 8.00. The summed E-state index contributed by atoms with van der Waals surface area (Å²) >= 11 is 7.95. The third-order valence-electron chi connectivity index (χ3n) is 8.13. The average molecular weight is 605 g/mol. The molecule has 0 aliphatic heterocycles. The zero-order chi connectivity index (χ0) is 30.0. The molecule has 1 aromatic rings. The molecule has 3 rings (SSSR count). The zero-order valence-electron chi connectivity index (χ0n) is 24.9. The van der Waals surface area contributed by atoms with Gasteiger partial charge in [0.05, 0.1) is 18.1 Å². The van der Waals surface area contributed by atoms with Gasteiger partial charge in [-0.2, -0.15) is 11.8 Å². The topological polar surface area (TPSA) is 98.7 Å². The van der Waals surface area contributed by atoms with Gasteiger partial charge in [-0.25, -0.2) is 0 Å². The van der Waals surface area contributed by atoms with Crippen LogP contribution in [0.1, 0.15) is 90.5 Å². The molecule has 228 valence electrons. The van der Waals surface area contributed by atoms with Crippen LogP contribution in [0.25, 0.3) is 0 Å². The summed E-state index contributed by atoms with van der Waals surface area (Å²) in [6.45, 7) is 6.38. The van der Waals surface area contributed by atoms with E-state index in [0.29, 0.717) is 41.9 Å². The number of hydrogen-bond acceptors (Lipinski definition) is 5. The van der Waals surface area contributed by atoms with Crippen molar-refractivity contribution in [2.75, 3.05) is 5.75 Å². The lowest BCUT2D eigenvalue weighted by atomic mass is 9.82. The smallest absolute Gasteiger partial charge is 0.242 e. The Labute approximate surface area is 256 Å². The Morgan fingerprint density at radius 2 is 1.73 bits per heavy atom. The van der Waals surface area contributed by atoms with Gasteiger partial charge in [0, 0.05) is 21.9 Å². The van der Waals surface area contributed by atoms with E-state index in [1.165, 1.54) is 6.42 Å². The highest BCUT2D eigenvalue weighted by Gasteiger charge is 2.36. The fourth-order valence-electron chi connectivity index (χ4n) is 5.59. The molecule has 2 aliphatic rings. The van der Waals surface area contributed by atoms with Gasteiger partial charge in [0.25, 0.3) is 0 Å². The molecular formula is C33H49ClN2O4S. The maximum atomic E-state index is 13.7. The van der Waals surface area contributed by atoms with Crippen LogP contribution in [0.3, 0.4) is 0 Å². The first kappa shape index (κ1) is 33.8. The molecule has 0 aromatic heterocycles. The number of rotatable bonds is 15. The molecule has 8 heteroatoms. The third kappa shape index (κ3) is 12.2. The van der Waals surface area contributed by atoms with Crippen molar-refractivity contribution >= 4 is 35.2 Å². The number of aliphatic hydroxyl groups excluding tert-OH is 2. The van der Waals surface area contributed by atoms with E-state index in [1.807, 2.05) is 24.3 Å². The summed E-state index contributed by atoms with van der Waals surface area (Å²) in [6.07, 6.45) is 12.4. The molecule has 0 saturated heterocycles. The van der Waals surface area contributed by atoms with Crippen LogP contribution in [0.2, 0.25) is 5.02 Å². The molecule has 5 atom stereocenters. The number of aliphatic hydroxyl groups is 2. The first-order valence-electron chi connectivity index (χ1n) is 15.2. The molecule has 2 fully saturated rings. The molecule has 41 heavy (non-hydrogen) atoms. The lowest BCUT2D eigenvalue weighted by molar-refractivity contribution is -0.132. The Kier molecular flexibility index (Phi) is 13.4. The van der Waals surface area contributed by atoms with E-state index in [0.717, 1.165) is 44.1 Å². The predicted molar refractivity (Wildman–Crippen MR) is 169 cm³/mol. The monoisotopic (exact) mass is 604 g/mol. The number of nitrogens with one attached hydrogen (secondary N) is 2. The molecule has 2 amide bonds. The molecule has 0 radical (unpaired) electrons. The number of terminal acetylenes is 1. The lowest BCUT2D eigenvalue weighted by Crippen LogP contribution is -2.56. The van der Waals surface area contributed by atoms with Gasteiger partial charge in [-0.1, -0.05) is 89.5 Å². The Morgan fingerprint density at radius 1 is 1.05 bits per heavy atom. The normalized spacial score (nSPS) is 19.8. The molecule has 1 aromatic carbocycles. The molecular weight excluding hydrogens is 556 g/mol. The minimum atomic E-state index is -1.17. The van der Waals surface area contributed by atoms with Crippen molar-refractivity contribution in [2.45, 2.75) is 120 Å². The van der Waals surface area contributed by atoms with Crippen molar-refractivity contribution in [3.05, 3.63) is 34.9 Å². The average Bonchev–Trinajstić information content (AvgIpc) is 3.74. The fourth-order valence-corrected chi connectivity index (χ4v) is 6.78. The van der Waals surface area contributed by atoms with Crippen LogP contribution in [0.4, 0.5) is 0 Å². The summed E-state index contributed by atoms with van der Waals surface area (Å²) in [4.78, 5) is 27.5. The van der Waals surface area contributed by atoms with Crippen LogP contribution >= 0.6 is 23.4 Å². The minimum Gasteiger partial charge on any atom is -0.389 e. The second kappa shape index (κ2) is 16.2. The number of thioether (sulfide) groups is 1. The molecule has 0 heterocycles. The van der Waals surface area contributed by atoms with Gasteiger partial charge in [0.1, 0.15) is 12.1 Å². The van der Waals surface area contributed by atoms with Crippen LogP contribution < -0.4 is 10.6 Å². The van der Waals surface area contributed by atoms with Crippen LogP contribution in [0.15, 0.2) is 24.3 Å². The van der Waals surface area contributed by atoms with E-state index in [4.69, 9.17) is 18.0 Å². The lowest BCUT2D eigenvalue weighted by Gasteiger charge is -2.33. The summed E-state index contributed by atoms with van der Waals surface area (Å²) in [5.74, 6) is 3.00. The first-order chi connectivity index (χ1) is 19.4. The number of hydrogen-bond donors (Lipinski definition) is 4. The van der Waals surface area contributed by atoms with Gasteiger partial charge in [-0.3, -0.25) is 9.59 Å². The van der Waals surface area contributed by atoms with Crippen molar-refractivity contribution in [1.82, 2.24) is 10.6 Å². The van der Waals surface area contributed by atoms with Crippen molar-refractivity contribution in [1.29, 1.82) is 0 Å². The van der Waals surface area contributed by atoms with Crippen molar-refractivity contribution in [3.8, 4) is 12.3 Å². The van der Waals surface area contributed by atoms with Gasteiger partial charge in [0.2, 0.25) is 11.8 Å². The number of benzene rings is 1. The summed E-state index contributed by atoms with van der Waals surface area (Å²) in [6, 6.07) is 6.23.